The van der Waals surface area contributed by atoms with Crippen LogP contribution in [0, 0.1) is 5.92 Å². The molecule has 0 aromatic heterocycles. The van der Waals surface area contributed by atoms with Gasteiger partial charge >= 0.3 is 7.60 Å². The summed E-state index contributed by atoms with van der Waals surface area (Å²) in [5, 5.41) is 1.77. The Morgan fingerprint density at radius 3 is 2.54 bits per heavy atom. The Morgan fingerprint density at radius 2 is 1.92 bits per heavy atom. The number of benzene rings is 1. The maximum atomic E-state index is 13.5. The molecular formula is C17H26NO5P. The molecule has 2 aliphatic rings. The maximum absolute atomic E-state index is 13.5. The monoisotopic (exact) mass is 355 g/mol. The molecule has 6 nitrogen and oxygen atoms in total. The maximum Gasteiger partial charge on any atom is 0.350 e. The molecule has 3 rings (SSSR count). The van der Waals surface area contributed by atoms with Gasteiger partial charge in [-0.3, -0.25) is 9.40 Å². The summed E-state index contributed by atoms with van der Waals surface area (Å²) in [6.45, 7) is 6.96. The van der Waals surface area contributed by atoms with Crippen molar-refractivity contribution in [3.8, 4) is 0 Å². The molecule has 0 radical (unpaired) electrons. The van der Waals surface area contributed by atoms with Gasteiger partial charge in [-0.2, -0.15) is 5.06 Å². The molecule has 0 N–H and O–H groups in total. The Kier molecular flexibility index (Phi) is 5.75. The minimum absolute atomic E-state index is 0.0138. The number of ether oxygens (including phenoxy) is 1. The molecule has 0 spiro atoms. The van der Waals surface area contributed by atoms with E-state index in [4.69, 9.17) is 18.6 Å². The second-order valence-electron chi connectivity index (χ2n) is 6.03. The first-order chi connectivity index (χ1) is 11.6. The molecule has 2 fully saturated rings. The van der Waals surface area contributed by atoms with Crippen molar-refractivity contribution in [1.82, 2.24) is 5.06 Å². The standard InChI is InChI=1S/C17H26NO5P/c1-4-21-24(19,22-5-2)16-15-11-12-20-17(15)23-18(16)13(3)14-9-7-6-8-10-14/h6-10,13,15-17H,4-5,11-12H2,1-3H3/t13-,15-,16-,17+/m0/s1. The van der Waals surface area contributed by atoms with Gasteiger partial charge in [-0.25, -0.2) is 0 Å². The lowest BCUT2D eigenvalue weighted by molar-refractivity contribution is -0.244. The number of nitrogens with zero attached hydrogens (tertiary/aromatic N) is 1. The van der Waals surface area contributed by atoms with Gasteiger partial charge < -0.3 is 13.8 Å². The largest absolute Gasteiger partial charge is 0.350 e. The highest BCUT2D eigenvalue weighted by atomic mass is 31.2. The van der Waals surface area contributed by atoms with Crippen molar-refractivity contribution in [2.45, 2.75) is 45.3 Å². The summed E-state index contributed by atoms with van der Waals surface area (Å²) in [6, 6.07) is 9.93. The fourth-order valence-corrected chi connectivity index (χ4v) is 5.86. The smallest absolute Gasteiger partial charge is 0.350 e. The third-order valence-electron chi connectivity index (χ3n) is 4.56. The second kappa shape index (κ2) is 7.65. The summed E-state index contributed by atoms with van der Waals surface area (Å²) in [7, 11) is -3.35. The van der Waals surface area contributed by atoms with Crippen LogP contribution in [-0.4, -0.2) is 37.0 Å². The van der Waals surface area contributed by atoms with Gasteiger partial charge in [0.25, 0.3) is 0 Å². The van der Waals surface area contributed by atoms with Crippen molar-refractivity contribution in [1.29, 1.82) is 0 Å². The van der Waals surface area contributed by atoms with Gasteiger partial charge in [0.1, 0.15) is 5.78 Å². The lowest BCUT2D eigenvalue weighted by Gasteiger charge is -2.34. The third kappa shape index (κ3) is 3.32. The van der Waals surface area contributed by atoms with Crippen molar-refractivity contribution in [2.75, 3.05) is 19.8 Å². The van der Waals surface area contributed by atoms with Crippen molar-refractivity contribution >= 4 is 7.60 Å². The average molecular weight is 355 g/mol. The molecule has 24 heavy (non-hydrogen) atoms. The molecule has 0 bridgehead atoms. The molecule has 7 heteroatoms. The molecule has 0 unspecified atom stereocenters. The first-order valence-electron chi connectivity index (χ1n) is 8.61. The predicted octanol–water partition coefficient (Wildman–Crippen LogP) is 3.95. The minimum atomic E-state index is -3.35. The van der Waals surface area contributed by atoms with Crippen LogP contribution in [0.15, 0.2) is 30.3 Å². The highest BCUT2D eigenvalue weighted by Crippen LogP contribution is 2.62. The van der Waals surface area contributed by atoms with E-state index in [1.54, 1.807) is 5.06 Å². The van der Waals surface area contributed by atoms with Gasteiger partial charge in [0.15, 0.2) is 6.29 Å². The van der Waals surface area contributed by atoms with Crippen LogP contribution >= 0.6 is 7.60 Å². The van der Waals surface area contributed by atoms with Crippen LogP contribution in [0.3, 0.4) is 0 Å². The third-order valence-corrected chi connectivity index (χ3v) is 7.05. The normalized spacial score (nSPS) is 28.9. The summed E-state index contributed by atoms with van der Waals surface area (Å²) >= 11 is 0. The van der Waals surface area contributed by atoms with Gasteiger partial charge in [-0.05, 0) is 32.8 Å². The van der Waals surface area contributed by atoms with E-state index in [1.165, 1.54) is 0 Å². The zero-order chi connectivity index (χ0) is 17.2. The van der Waals surface area contributed by atoms with Crippen molar-refractivity contribution < 1.29 is 23.2 Å². The van der Waals surface area contributed by atoms with Crippen LogP contribution in [0.4, 0.5) is 0 Å². The van der Waals surface area contributed by atoms with Crippen LogP contribution in [0.1, 0.15) is 38.8 Å². The zero-order valence-corrected chi connectivity index (χ0v) is 15.4. The Labute approximate surface area is 143 Å². The van der Waals surface area contributed by atoms with Gasteiger partial charge in [0.05, 0.1) is 25.9 Å². The highest BCUT2D eigenvalue weighted by Gasteiger charge is 2.58. The Hall–Kier alpha value is -0.750. The summed E-state index contributed by atoms with van der Waals surface area (Å²) in [6.07, 6.45) is 0.410. The van der Waals surface area contributed by atoms with Crippen LogP contribution in [0.5, 0.6) is 0 Å². The van der Waals surface area contributed by atoms with E-state index in [9.17, 15) is 4.57 Å². The van der Waals surface area contributed by atoms with E-state index in [-0.39, 0.29) is 18.2 Å². The second-order valence-corrected chi connectivity index (χ2v) is 8.16. The predicted molar refractivity (Wildman–Crippen MR) is 90.3 cm³/mol. The minimum Gasteiger partial charge on any atom is -0.350 e. The number of hydrogen-bond acceptors (Lipinski definition) is 6. The Balaban J connectivity index is 1.93. The van der Waals surface area contributed by atoms with Gasteiger partial charge in [-0.15, -0.1) is 0 Å². The van der Waals surface area contributed by atoms with Crippen LogP contribution in [0.25, 0.3) is 0 Å². The highest BCUT2D eigenvalue weighted by molar-refractivity contribution is 7.54. The first kappa shape index (κ1) is 18.1. The van der Waals surface area contributed by atoms with Crippen molar-refractivity contribution in [2.24, 2.45) is 5.92 Å². The molecule has 1 aromatic carbocycles. The number of hydroxylamine groups is 2. The summed E-state index contributed by atoms with van der Waals surface area (Å²) in [5.41, 5.74) is 1.09. The van der Waals surface area contributed by atoms with E-state index >= 15 is 0 Å². The Morgan fingerprint density at radius 1 is 1.25 bits per heavy atom. The molecule has 1 aromatic rings. The lowest BCUT2D eigenvalue weighted by atomic mass is 10.1. The zero-order valence-electron chi connectivity index (χ0n) is 14.5. The van der Waals surface area contributed by atoms with E-state index in [1.807, 2.05) is 51.1 Å². The van der Waals surface area contributed by atoms with E-state index in [0.29, 0.717) is 19.8 Å². The lowest BCUT2D eigenvalue weighted by Crippen LogP contribution is -2.35. The fraction of sp³-hybridized carbons (Fsp3) is 0.647. The van der Waals surface area contributed by atoms with Gasteiger partial charge in [0, 0.05) is 5.92 Å². The molecular weight excluding hydrogens is 329 g/mol. The van der Waals surface area contributed by atoms with Crippen LogP contribution < -0.4 is 0 Å². The van der Waals surface area contributed by atoms with Gasteiger partial charge in [-0.1, -0.05) is 30.3 Å². The molecule has 0 aliphatic carbocycles. The van der Waals surface area contributed by atoms with Crippen molar-refractivity contribution in [3.63, 3.8) is 0 Å². The first-order valence-corrected chi connectivity index (χ1v) is 10.2. The number of hydrogen-bond donors (Lipinski definition) is 0. The molecule has 4 atom stereocenters. The average Bonchev–Trinajstić information content (AvgIpc) is 3.16. The molecule has 2 aliphatic heterocycles. The number of rotatable bonds is 7. The SMILES string of the molecule is CCOP(=O)(OCC)[C@H]1[C@@H]2CCO[C@@H]2ON1[C@@H](C)c1ccccc1. The quantitative estimate of drug-likeness (QED) is 0.690. The molecule has 2 saturated heterocycles. The molecule has 0 amide bonds. The molecule has 0 saturated carbocycles. The summed E-state index contributed by atoms with van der Waals surface area (Å²) in [5.74, 6) is -0.472. The van der Waals surface area contributed by atoms with E-state index in [0.717, 1.165) is 12.0 Å². The summed E-state index contributed by atoms with van der Waals surface area (Å²) in [4.78, 5) is 6.03. The fourth-order valence-electron chi connectivity index (χ4n) is 3.47. The molecule has 134 valence electrons. The van der Waals surface area contributed by atoms with E-state index < -0.39 is 13.4 Å². The summed E-state index contributed by atoms with van der Waals surface area (Å²) < 4.78 is 30.4. The van der Waals surface area contributed by atoms with Gasteiger partial charge in [0.2, 0.25) is 0 Å². The van der Waals surface area contributed by atoms with Crippen molar-refractivity contribution in [3.05, 3.63) is 35.9 Å². The topological polar surface area (TPSA) is 57.2 Å². The van der Waals surface area contributed by atoms with E-state index in [2.05, 4.69) is 0 Å². The van der Waals surface area contributed by atoms with Crippen LogP contribution in [-0.2, 0) is 23.2 Å². The van der Waals surface area contributed by atoms with Crippen LogP contribution in [0.2, 0.25) is 0 Å². The Bertz CT molecular complexity index is 574. The number of fused-ring (bicyclic) bond motifs is 1. The molecule has 2 heterocycles.